The van der Waals surface area contributed by atoms with E-state index in [2.05, 4.69) is 10.6 Å². The summed E-state index contributed by atoms with van der Waals surface area (Å²) in [5, 5.41) is 5.81. The maximum Gasteiger partial charge on any atom is 0.237 e. The number of Topliss-reactive ketones (excluding diaryl/α,β-unsaturated/α-hetero) is 1. The van der Waals surface area contributed by atoms with E-state index in [1.807, 2.05) is 54.1 Å². The fourth-order valence-corrected chi connectivity index (χ4v) is 2.90. The molecule has 6 nitrogen and oxygen atoms in total. The Balaban J connectivity index is 4.71. The summed E-state index contributed by atoms with van der Waals surface area (Å²) in [6.07, 6.45) is 1.83. The van der Waals surface area contributed by atoms with Gasteiger partial charge in [-0.1, -0.05) is 33.0 Å². The minimum atomic E-state index is -0.446. The fourth-order valence-electron chi connectivity index (χ4n) is 2.90. The Bertz CT molecular complexity index is 395. The predicted octanol–water partition coefficient (Wildman–Crippen LogP) is 0.758. The molecule has 1 amide bonds. The molecule has 0 aliphatic carbocycles. The van der Waals surface area contributed by atoms with Gasteiger partial charge in [-0.3, -0.25) is 14.5 Å². The molecule has 7 heteroatoms. The van der Waals surface area contributed by atoms with Gasteiger partial charge in [0, 0.05) is 6.42 Å². The number of hydrogen-bond donors (Lipinski definition) is 2. The largest absolute Gasteiger partial charge is 0.348 e. The third-order valence-corrected chi connectivity index (χ3v) is 4.15. The average Bonchev–Trinajstić information content (AvgIpc) is 2.50. The number of amides is 1. The highest BCUT2D eigenvalue weighted by atomic mass is 16.2. The summed E-state index contributed by atoms with van der Waals surface area (Å²) < 4.78 is 0. The summed E-state index contributed by atoms with van der Waals surface area (Å²) in [7, 11) is 7.49. The molecule has 0 aliphatic heterocycles. The Hall–Kier alpha value is -1.21. The van der Waals surface area contributed by atoms with E-state index >= 15 is 0 Å². The first kappa shape index (κ1) is 22.8. The van der Waals surface area contributed by atoms with Gasteiger partial charge in [-0.05, 0) is 39.4 Å². The zero-order valence-corrected chi connectivity index (χ0v) is 16.0. The maximum absolute atomic E-state index is 12.4. The summed E-state index contributed by atoms with van der Waals surface area (Å²) in [4.78, 5) is 37.5. The molecule has 137 valence electrons. The molecule has 0 rings (SSSR count). The third kappa shape index (κ3) is 8.06. The van der Waals surface area contributed by atoms with Gasteiger partial charge in [0.15, 0.2) is 0 Å². The van der Waals surface area contributed by atoms with Gasteiger partial charge < -0.3 is 15.4 Å². The van der Waals surface area contributed by atoms with Gasteiger partial charge >= 0.3 is 0 Å². The van der Waals surface area contributed by atoms with Crippen LogP contribution in [0.15, 0.2) is 0 Å². The summed E-state index contributed by atoms with van der Waals surface area (Å²) >= 11 is 0. The van der Waals surface area contributed by atoms with E-state index in [0.29, 0.717) is 0 Å². The number of hydrogen-bond acceptors (Lipinski definition) is 5. The second-order valence-corrected chi connectivity index (χ2v) is 6.76. The van der Waals surface area contributed by atoms with Gasteiger partial charge in [-0.15, -0.1) is 0 Å². The van der Waals surface area contributed by atoms with Crippen molar-refractivity contribution in [2.75, 3.05) is 34.2 Å². The SMILES string of the molecule is CCC([B]C(CC=O)C(=O)CNC(=O)C(C(C)C)N(C)C)CNC. The van der Waals surface area contributed by atoms with Gasteiger partial charge in [-0.25, -0.2) is 0 Å². The lowest BCUT2D eigenvalue weighted by Crippen LogP contribution is -2.48. The molecule has 0 spiro atoms. The van der Waals surface area contributed by atoms with E-state index in [9.17, 15) is 14.4 Å². The lowest BCUT2D eigenvalue weighted by molar-refractivity contribution is -0.129. The topological polar surface area (TPSA) is 78.5 Å². The Labute approximate surface area is 147 Å². The van der Waals surface area contributed by atoms with Crippen molar-refractivity contribution in [3.8, 4) is 0 Å². The second kappa shape index (κ2) is 12.2. The molecule has 0 fully saturated rings. The summed E-state index contributed by atoms with van der Waals surface area (Å²) in [5.74, 6) is -0.350. The molecule has 2 N–H and O–H groups in total. The van der Waals surface area contributed by atoms with Crippen molar-refractivity contribution >= 4 is 25.3 Å². The van der Waals surface area contributed by atoms with Crippen LogP contribution in [-0.4, -0.2) is 70.4 Å². The molecule has 0 saturated heterocycles. The molecule has 0 aromatic heterocycles. The zero-order chi connectivity index (χ0) is 18.7. The molecule has 0 aromatic rings. The van der Waals surface area contributed by atoms with Gasteiger partial charge in [0.25, 0.3) is 0 Å². The first-order valence-electron chi connectivity index (χ1n) is 8.68. The van der Waals surface area contributed by atoms with E-state index < -0.39 is 5.82 Å². The van der Waals surface area contributed by atoms with Crippen LogP contribution in [0, 0.1) is 5.92 Å². The number of nitrogens with zero attached hydrogens (tertiary/aromatic N) is 1. The van der Waals surface area contributed by atoms with E-state index in [-0.39, 0.29) is 42.4 Å². The van der Waals surface area contributed by atoms with Crippen molar-refractivity contribution in [3.05, 3.63) is 0 Å². The minimum absolute atomic E-state index is 0.0408. The van der Waals surface area contributed by atoms with Gasteiger partial charge in [0.05, 0.1) is 12.6 Å². The Morgan fingerprint density at radius 2 is 1.88 bits per heavy atom. The molecule has 24 heavy (non-hydrogen) atoms. The first-order valence-corrected chi connectivity index (χ1v) is 8.68. The summed E-state index contributed by atoms with van der Waals surface area (Å²) in [6, 6.07) is -0.279. The molecule has 0 heterocycles. The molecular weight excluding hydrogens is 305 g/mol. The van der Waals surface area contributed by atoms with Crippen LogP contribution < -0.4 is 10.6 Å². The van der Waals surface area contributed by atoms with Crippen molar-refractivity contribution in [3.63, 3.8) is 0 Å². The van der Waals surface area contributed by atoms with Crippen molar-refractivity contribution < 1.29 is 14.4 Å². The zero-order valence-electron chi connectivity index (χ0n) is 16.0. The number of carbonyl (C=O) groups is 3. The molecule has 0 bridgehead atoms. The van der Waals surface area contributed by atoms with Gasteiger partial charge in [0.1, 0.15) is 19.3 Å². The molecule has 0 saturated carbocycles. The Kier molecular flexibility index (Phi) is 11.6. The standard InChI is InChI=1S/C17H33BN3O3/c1-7-13(10-19-4)18-14(8-9-22)15(23)11-20-17(24)16(12(2)3)21(5)6/h9,12-14,16,19H,7-8,10-11H2,1-6H3,(H,20,24). The molecular formula is C17H33BN3O3. The van der Waals surface area contributed by atoms with E-state index in [1.165, 1.54) is 0 Å². The van der Waals surface area contributed by atoms with E-state index in [0.717, 1.165) is 19.3 Å². The first-order chi connectivity index (χ1) is 11.3. The van der Waals surface area contributed by atoms with Crippen LogP contribution in [0.5, 0.6) is 0 Å². The molecule has 0 aromatic carbocycles. The van der Waals surface area contributed by atoms with Crippen LogP contribution in [0.2, 0.25) is 11.6 Å². The Morgan fingerprint density at radius 3 is 2.29 bits per heavy atom. The normalized spacial score (nSPS) is 15.0. The molecule has 0 aliphatic rings. The Morgan fingerprint density at radius 1 is 1.25 bits per heavy atom. The molecule has 3 atom stereocenters. The van der Waals surface area contributed by atoms with Crippen LogP contribution in [0.4, 0.5) is 0 Å². The number of ketones is 1. The van der Waals surface area contributed by atoms with Crippen molar-refractivity contribution in [1.82, 2.24) is 15.5 Å². The van der Waals surface area contributed by atoms with Gasteiger partial charge in [-0.2, -0.15) is 0 Å². The number of carbonyl (C=O) groups excluding carboxylic acids is 3. The maximum atomic E-state index is 12.4. The second-order valence-electron chi connectivity index (χ2n) is 6.76. The number of rotatable bonds is 13. The van der Waals surface area contributed by atoms with Gasteiger partial charge in [0.2, 0.25) is 5.91 Å². The van der Waals surface area contributed by atoms with Crippen LogP contribution in [0.1, 0.15) is 33.6 Å². The van der Waals surface area contributed by atoms with E-state index in [4.69, 9.17) is 0 Å². The van der Waals surface area contributed by atoms with Crippen molar-refractivity contribution in [1.29, 1.82) is 0 Å². The highest BCUT2D eigenvalue weighted by Gasteiger charge is 2.27. The number of aldehydes is 1. The fraction of sp³-hybridized carbons (Fsp3) is 0.824. The minimum Gasteiger partial charge on any atom is -0.348 e. The molecule has 3 unspecified atom stereocenters. The lowest BCUT2D eigenvalue weighted by atomic mass is 9.52. The average molecular weight is 338 g/mol. The van der Waals surface area contributed by atoms with Crippen LogP contribution in [0.3, 0.4) is 0 Å². The van der Waals surface area contributed by atoms with Crippen LogP contribution >= 0.6 is 0 Å². The molecule has 1 radical (unpaired) electrons. The lowest BCUT2D eigenvalue weighted by Gasteiger charge is -2.27. The van der Waals surface area contributed by atoms with Crippen LogP contribution in [0.25, 0.3) is 0 Å². The van der Waals surface area contributed by atoms with Crippen LogP contribution in [-0.2, 0) is 14.4 Å². The monoisotopic (exact) mass is 338 g/mol. The third-order valence-electron chi connectivity index (χ3n) is 4.15. The number of nitrogens with one attached hydrogen (secondary N) is 2. The summed E-state index contributed by atoms with van der Waals surface area (Å²) in [5.41, 5.74) is 0. The highest BCUT2D eigenvalue weighted by molar-refractivity contribution is 6.46. The van der Waals surface area contributed by atoms with Crippen molar-refractivity contribution in [2.45, 2.75) is 51.3 Å². The quantitative estimate of drug-likeness (QED) is 0.383. The highest BCUT2D eigenvalue weighted by Crippen LogP contribution is 2.19. The number of likely N-dealkylation sites (N-methyl/N-ethyl adjacent to an activating group) is 1. The van der Waals surface area contributed by atoms with Crippen molar-refractivity contribution in [2.24, 2.45) is 5.92 Å². The summed E-state index contributed by atoms with van der Waals surface area (Å²) in [6.45, 7) is 6.72. The smallest absolute Gasteiger partial charge is 0.237 e. The van der Waals surface area contributed by atoms with E-state index in [1.54, 1.807) is 0 Å². The predicted molar refractivity (Wildman–Crippen MR) is 98.5 cm³/mol.